The first-order chi connectivity index (χ1) is 25.6. The molecule has 0 radical (unpaired) electrons. The van der Waals surface area contributed by atoms with Crippen molar-refractivity contribution in [3.63, 3.8) is 0 Å². The fourth-order valence-corrected chi connectivity index (χ4v) is 8.17. The summed E-state index contributed by atoms with van der Waals surface area (Å²) in [5.41, 5.74) is 2.78. The zero-order chi connectivity index (χ0) is 36.6. The molecular formula is C38H38F2N10O3. The Kier molecular flexibility index (Phi) is 7.80. The van der Waals surface area contributed by atoms with Crippen LogP contribution in [0.5, 0.6) is 5.75 Å². The molecule has 7 heterocycles. The molecule has 3 aliphatic rings. The van der Waals surface area contributed by atoms with Crippen LogP contribution in [-0.2, 0) is 16.1 Å². The highest BCUT2D eigenvalue weighted by Gasteiger charge is 2.43. The maximum Gasteiger partial charge on any atom is 0.245 e. The molecule has 2 aromatic carbocycles. The fourth-order valence-electron chi connectivity index (χ4n) is 8.17. The van der Waals surface area contributed by atoms with Crippen molar-refractivity contribution >= 4 is 39.6 Å². The number of fused-ring (bicyclic) bond motifs is 8. The Morgan fingerprint density at radius 3 is 2.74 bits per heavy atom. The maximum atomic E-state index is 15.1. The number of nitrogens with one attached hydrogen (secondary N) is 1. The monoisotopic (exact) mass is 720 g/mol. The second kappa shape index (κ2) is 12.5. The number of hydrogen-bond donors (Lipinski definition) is 1. The van der Waals surface area contributed by atoms with E-state index < -0.39 is 23.3 Å². The first-order valence-electron chi connectivity index (χ1n) is 17.7. The van der Waals surface area contributed by atoms with Gasteiger partial charge in [0.25, 0.3) is 0 Å². The van der Waals surface area contributed by atoms with E-state index in [-0.39, 0.29) is 11.9 Å². The topological polar surface area (TPSA) is 128 Å². The van der Waals surface area contributed by atoms with Gasteiger partial charge >= 0.3 is 0 Å². The van der Waals surface area contributed by atoms with Crippen molar-refractivity contribution in [2.75, 3.05) is 43.6 Å². The number of carbonyl (C=O) groups excluding carboxylic acids is 1. The van der Waals surface area contributed by atoms with Crippen molar-refractivity contribution in [3.8, 4) is 22.7 Å². The summed E-state index contributed by atoms with van der Waals surface area (Å²) in [4.78, 5) is 38.2. The van der Waals surface area contributed by atoms with Crippen LogP contribution in [0.4, 0.5) is 20.4 Å². The Balaban J connectivity index is 1.18. The highest BCUT2D eigenvalue weighted by atomic mass is 19.1. The van der Waals surface area contributed by atoms with Crippen molar-refractivity contribution in [2.45, 2.75) is 57.8 Å². The van der Waals surface area contributed by atoms with E-state index >= 15 is 4.39 Å². The average molecular weight is 721 g/mol. The van der Waals surface area contributed by atoms with Gasteiger partial charge in [-0.05, 0) is 63.9 Å². The minimum atomic E-state index is -0.777. The molecule has 2 fully saturated rings. The second-order valence-electron chi connectivity index (χ2n) is 14.3. The molecule has 6 aromatic rings. The number of rotatable bonds is 3. The predicted molar refractivity (Wildman–Crippen MR) is 194 cm³/mol. The van der Waals surface area contributed by atoms with Gasteiger partial charge in [-0.3, -0.25) is 4.79 Å². The van der Waals surface area contributed by atoms with E-state index in [0.717, 1.165) is 5.52 Å². The van der Waals surface area contributed by atoms with Crippen molar-refractivity contribution in [1.82, 2.24) is 39.2 Å². The molecule has 9 rings (SSSR count). The lowest BCUT2D eigenvalue weighted by atomic mass is 10.0. The summed E-state index contributed by atoms with van der Waals surface area (Å²) in [6.07, 6.45) is 2.82. The smallest absolute Gasteiger partial charge is 0.245 e. The Morgan fingerprint density at radius 2 is 1.89 bits per heavy atom. The van der Waals surface area contributed by atoms with Crippen LogP contribution < -0.4 is 15.0 Å². The van der Waals surface area contributed by atoms with Gasteiger partial charge in [-0.1, -0.05) is 6.07 Å². The molecule has 0 saturated carbocycles. The summed E-state index contributed by atoms with van der Waals surface area (Å²) >= 11 is 0. The van der Waals surface area contributed by atoms with Gasteiger partial charge in [-0.15, -0.1) is 0 Å². The third kappa shape index (κ3) is 5.70. The van der Waals surface area contributed by atoms with Crippen molar-refractivity contribution in [2.24, 2.45) is 0 Å². The van der Waals surface area contributed by atoms with Crippen LogP contribution in [0.3, 0.4) is 0 Å². The first-order valence-corrected chi connectivity index (χ1v) is 17.7. The Labute approximate surface area is 303 Å². The Bertz CT molecular complexity index is 2430. The number of amides is 1. The SMILES string of the molecule is COc1cc(F)ccc1-n1ncc2c(N3CC4C[C@H]3C(=O)N3CCCO[C@](C)(C3)Cn3c(C)nc5cc(F)cc(c53)-c3cccc(n3)N4)nc(C)nc21. The number of halogens is 2. The Morgan fingerprint density at radius 1 is 1.02 bits per heavy atom. The molecule has 2 saturated heterocycles. The quantitative estimate of drug-likeness (QED) is 0.260. The number of anilines is 2. The molecular weight excluding hydrogens is 682 g/mol. The van der Waals surface area contributed by atoms with Crippen LogP contribution in [0.2, 0.25) is 0 Å². The highest BCUT2D eigenvalue weighted by molar-refractivity contribution is 5.94. The van der Waals surface area contributed by atoms with Gasteiger partial charge in [-0.2, -0.15) is 5.10 Å². The molecule has 3 aliphatic heterocycles. The molecule has 53 heavy (non-hydrogen) atoms. The van der Waals surface area contributed by atoms with E-state index in [1.807, 2.05) is 41.8 Å². The third-order valence-corrected chi connectivity index (χ3v) is 10.5. The fraction of sp³-hybridized carbons (Fsp3) is 0.368. The molecule has 1 N–H and O–H groups in total. The average Bonchev–Trinajstić information content (AvgIpc) is 3.79. The standard InChI is InChI=1S/C38H38F2N10O3/c1-21-42-35(27-17-41-50(36(27)43-21)30-10-9-23(39)15-32(30)52-4)48-18-25-16-31(48)37(51)47-11-6-12-53-38(3,19-47)20-49-22(2)44-29-14-24(40)13-26(34(29)49)28-7-5-8-33(45-25)46-28/h5,7-10,13-15,17,25,31H,6,11-12,16,18-20H2,1-4H3,(H,45,46)/t25?,31-,38+/m0/s1. The summed E-state index contributed by atoms with van der Waals surface area (Å²) in [5.74, 6) is 1.80. The molecule has 15 heteroatoms. The van der Waals surface area contributed by atoms with Gasteiger partial charge in [0.05, 0.1) is 48.5 Å². The van der Waals surface area contributed by atoms with Crippen LogP contribution in [0.25, 0.3) is 39.0 Å². The van der Waals surface area contributed by atoms with Crippen molar-refractivity contribution < 1.29 is 23.0 Å². The molecule has 1 unspecified atom stereocenters. The lowest BCUT2D eigenvalue weighted by Crippen LogP contribution is -2.51. The number of carbonyl (C=O) groups is 1. The normalized spacial score (nSPS) is 21.7. The van der Waals surface area contributed by atoms with Crippen LogP contribution in [-0.4, -0.2) is 96.1 Å². The van der Waals surface area contributed by atoms with Gasteiger partial charge in [0.15, 0.2) is 5.65 Å². The molecule has 6 bridgehead atoms. The molecule has 272 valence electrons. The second-order valence-corrected chi connectivity index (χ2v) is 14.3. The van der Waals surface area contributed by atoms with E-state index in [9.17, 15) is 9.18 Å². The first kappa shape index (κ1) is 33.2. The minimum Gasteiger partial charge on any atom is -0.494 e. The minimum absolute atomic E-state index is 0.0328. The van der Waals surface area contributed by atoms with Gasteiger partial charge in [0, 0.05) is 43.4 Å². The number of pyridine rings is 1. The van der Waals surface area contributed by atoms with Gasteiger partial charge < -0.3 is 29.2 Å². The number of nitrogens with zero attached hydrogens (tertiary/aromatic N) is 9. The highest BCUT2D eigenvalue weighted by Crippen LogP contribution is 2.37. The molecule has 3 atom stereocenters. The van der Waals surface area contributed by atoms with Crippen LogP contribution in [0.1, 0.15) is 31.4 Å². The van der Waals surface area contributed by atoms with Gasteiger partial charge in [0.2, 0.25) is 5.91 Å². The summed E-state index contributed by atoms with van der Waals surface area (Å²) in [6.45, 7) is 7.90. The molecule has 0 aliphatic carbocycles. The Hall–Kier alpha value is -5.70. The zero-order valence-corrected chi connectivity index (χ0v) is 29.8. The van der Waals surface area contributed by atoms with Crippen LogP contribution in [0.15, 0.2) is 54.7 Å². The lowest BCUT2D eigenvalue weighted by molar-refractivity contribution is -0.135. The number of hydrogen-bond acceptors (Lipinski definition) is 10. The predicted octanol–water partition coefficient (Wildman–Crippen LogP) is 5.21. The van der Waals surface area contributed by atoms with Gasteiger partial charge in [-0.25, -0.2) is 33.4 Å². The number of benzene rings is 2. The van der Waals surface area contributed by atoms with E-state index in [4.69, 9.17) is 29.4 Å². The molecule has 1 amide bonds. The number of ether oxygens (including phenoxy) is 2. The number of methoxy groups -OCH3 is 1. The van der Waals surface area contributed by atoms with E-state index in [0.29, 0.717) is 108 Å². The summed E-state index contributed by atoms with van der Waals surface area (Å²) in [6, 6.07) is 12.1. The third-order valence-electron chi connectivity index (χ3n) is 10.5. The van der Waals surface area contributed by atoms with E-state index in [2.05, 4.69) is 15.0 Å². The number of aromatic nitrogens is 7. The summed E-state index contributed by atoms with van der Waals surface area (Å²) < 4.78 is 45.0. The van der Waals surface area contributed by atoms with Crippen LogP contribution >= 0.6 is 0 Å². The summed E-state index contributed by atoms with van der Waals surface area (Å²) in [5, 5.41) is 8.87. The van der Waals surface area contributed by atoms with Crippen LogP contribution in [0, 0.1) is 25.5 Å². The largest absolute Gasteiger partial charge is 0.494 e. The van der Waals surface area contributed by atoms with Crippen molar-refractivity contribution in [3.05, 3.63) is 78.0 Å². The number of aryl methyl sites for hydroxylation is 2. The molecule has 13 nitrogen and oxygen atoms in total. The van der Waals surface area contributed by atoms with E-state index in [1.54, 1.807) is 23.9 Å². The lowest BCUT2D eigenvalue weighted by Gasteiger charge is -2.36. The van der Waals surface area contributed by atoms with Crippen molar-refractivity contribution in [1.29, 1.82) is 0 Å². The van der Waals surface area contributed by atoms with Gasteiger partial charge in [0.1, 0.15) is 58.0 Å². The number of imidazole rings is 1. The van der Waals surface area contributed by atoms with E-state index in [1.165, 1.54) is 31.4 Å². The summed E-state index contributed by atoms with van der Waals surface area (Å²) in [7, 11) is 1.48. The zero-order valence-electron chi connectivity index (χ0n) is 29.8. The molecule has 4 aromatic heterocycles. The maximum absolute atomic E-state index is 15.1. The molecule has 0 spiro atoms.